The Morgan fingerprint density at radius 1 is 1.28 bits per heavy atom. The first-order valence-electron chi connectivity index (χ1n) is 5.49. The summed E-state index contributed by atoms with van der Waals surface area (Å²) in [4.78, 5) is 5.33. The highest BCUT2D eigenvalue weighted by molar-refractivity contribution is 5.54. The van der Waals surface area contributed by atoms with Gasteiger partial charge in [0.25, 0.3) is 0 Å². The van der Waals surface area contributed by atoms with Crippen LogP contribution in [0, 0.1) is 11.6 Å². The molecule has 1 aliphatic heterocycles. The van der Waals surface area contributed by atoms with Gasteiger partial charge in [-0.3, -0.25) is 4.98 Å². The third-order valence-electron chi connectivity index (χ3n) is 3.08. The number of aromatic nitrogens is 1. The van der Waals surface area contributed by atoms with Gasteiger partial charge in [0, 0.05) is 30.6 Å². The number of aliphatic hydroxyl groups excluding tert-OH is 1. The molecule has 0 radical (unpaired) electrons. The second kappa shape index (κ2) is 4.03. The maximum atomic E-state index is 13.7. The van der Waals surface area contributed by atoms with Crippen LogP contribution in [-0.4, -0.2) is 10.1 Å². The molecule has 2 heterocycles. The van der Waals surface area contributed by atoms with Gasteiger partial charge in [0.05, 0.1) is 5.69 Å². The highest BCUT2D eigenvalue weighted by Gasteiger charge is 2.30. The fourth-order valence-corrected chi connectivity index (χ4v) is 2.17. The summed E-state index contributed by atoms with van der Waals surface area (Å²) < 4.78 is 26.9. The van der Waals surface area contributed by atoms with Crippen LogP contribution < -0.4 is 4.90 Å². The summed E-state index contributed by atoms with van der Waals surface area (Å²) in [6.07, 6.45) is 2.15. The maximum Gasteiger partial charge on any atom is 0.155 e. The predicted molar refractivity (Wildman–Crippen MR) is 61.7 cm³/mol. The Morgan fingerprint density at radius 3 is 2.89 bits per heavy atom. The Balaban J connectivity index is 2.04. The van der Waals surface area contributed by atoms with Crippen molar-refractivity contribution in [3.05, 3.63) is 59.4 Å². The molecule has 1 aromatic heterocycles. The Labute approximate surface area is 102 Å². The van der Waals surface area contributed by atoms with Crippen LogP contribution >= 0.6 is 0 Å². The summed E-state index contributed by atoms with van der Waals surface area (Å²) in [6, 6.07) is 4.95. The van der Waals surface area contributed by atoms with Crippen molar-refractivity contribution in [2.24, 2.45) is 0 Å². The summed E-state index contributed by atoms with van der Waals surface area (Å²) in [5, 5.41) is 10.1. The number of aliphatic hydroxyl groups is 1. The molecule has 1 aromatic carbocycles. The van der Waals surface area contributed by atoms with Crippen LogP contribution in [0.25, 0.3) is 0 Å². The van der Waals surface area contributed by atoms with Crippen LogP contribution in [-0.2, 0) is 6.54 Å². The zero-order valence-electron chi connectivity index (χ0n) is 9.35. The molecule has 92 valence electrons. The monoisotopic (exact) mass is 248 g/mol. The second-order valence-electron chi connectivity index (χ2n) is 4.17. The van der Waals surface area contributed by atoms with Gasteiger partial charge < -0.3 is 10.0 Å². The molecule has 0 aliphatic carbocycles. The van der Waals surface area contributed by atoms with Gasteiger partial charge in [-0.25, -0.2) is 8.78 Å². The van der Waals surface area contributed by atoms with Crippen molar-refractivity contribution in [2.45, 2.75) is 12.8 Å². The van der Waals surface area contributed by atoms with E-state index in [1.54, 1.807) is 12.3 Å². The van der Waals surface area contributed by atoms with E-state index in [1.807, 2.05) is 0 Å². The summed E-state index contributed by atoms with van der Waals surface area (Å²) in [5.74, 6) is -1.09. The van der Waals surface area contributed by atoms with Crippen LogP contribution in [0.4, 0.5) is 14.5 Å². The molecule has 18 heavy (non-hydrogen) atoms. The van der Waals surface area contributed by atoms with E-state index >= 15 is 0 Å². The van der Waals surface area contributed by atoms with E-state index in [4.69, 9.17) is 0 Å². The van der Waals surface area contributed by atoms with E-state index in [2.05, 4.69) is 4.98 Å². The third-order valence-corrected chi connectivity index (χ3v) is 3.08. The Kier molecular flexibility index (Phi) is 2.48. The van der Waals surface area contributed by atoms with Gasteiger partial charge >= 0.3 is 0 Å². The average molecular weight is 248 g/mol. The van der Waals surface area contributed by atoms with Gasteiger partial charge in [0.1, 0.15) is 11.6 Å². The standard InChI is InChI=1S/C13H10F2N2O/c14-9-1-2-11(15)12(5-9)17-7-8-3-4-16-6-10(8)13(17)18/h1-6,13,18H,7H2. The maximum absolute atomic E-state index is 13.7. The molecule has 0 amide bonds. The highest BCUT2D eigenvalue weighted by Crippen LogP contribution is 2.36. The lowest BCUT2D eigenvalue weighted by Crippen LogP contribution is -2.22. The summed E-state index contributed by atoms with van der Waals surface area (Å²) >= 11 is 0. The number of hydrogen-bond donors (Lipinski definition) is 1. The van der Waals surface area contributed by atoms with Crippen molar-refractivity contribution < 1.29 is 13.9 Å². The highest BCUT2D eigenvalue weighted by atomic mass is 19.1. The van der Waals surface area contributed by atoms with Gasteiger partial charge in [-0.05, 0) is 23.8 Å². The number of benzene rings is 1. The predicted octanol–water partition coefficient (Wildman–Crippen LogP) is 2.37. The molecule has 1 N–H and O–H groups in total. The SMILES string of the molecule is OC1c2cnccc2CN1c1cc(F)ccc1F. The molecule has 5 heteroatoms. The molecule has 0 saturated carbocycles. The minimum absolute atomic E-state index is 0.0544. The van der Waals surface area contributed by atoms with Crippen LogP contribution in [0.3, 0.4) is 0 Å². The molecule has 2 aromatic rings. The molecule has 1 atom stereocenters. The van der Waals surface area contributed by atoms with Crippen LogP contribution in [0.5, 0.6) is 0 Å². The van der Waals surface area contributed by atoms with Crippen molar-refractivity contribution in [1.29, 1.82) is 0 Å². The average Bonchev–Trinajstić information content (AvgIpc) is 2.71. The van der Waals surface area contributed by atoms with Crippen molar-refractivity contribution in [3.63, 3.8) is 0 Å². The number of rotatable bonds is 1. The Hall–Kier alpha value is -2.01. The quantitative estimate of drug-likeness (QED) is 0.841. The first-order chi connectivity index (χ1) is 8.66. The molecule has 0 spiro atoms. The van der Waals surface area contributed by atoms with Gasteiger partial charge in [-0.15, -0.1) is 0 Å². The van der Waals surface area contributed by atoms with E-state index in [-0.39, 0.29) is 5.69 Å². The first-order valence-corrected chi connectivity index (χ1v) is 5.49. The molecule has 0 saturated heterocycles. The fourth-order valence-electron chi connectivity index (χ4n) is 2.17. The second-order valence-corrected chi connectivity index (χ2v) is 4.17. The number of pyridine rings is 1. The van der Waals surface area contributed by atoms with Gasteiger partial charge in [-0.1, -0.05) is 0 Å². The van der Waals surface area contributed by atoms with Crippen molar-refractivity contribution in [3.8, 4) is 0 Å². The molecule has 3 rings (SSSR count). The molecule has 0 fully saturated rings. The molecule has 1 aliphatic rings. The lowest BCUT2D eigenvalue weighted by Gasteiger charge is -2.23. The lowest BCUT2D eigenvalue weighted by atomic mass is 10.2. The van der Waals surface area contributed by atoms with Crippen molar-refractivity contribution >= 4 is 5.69 Å². The molecule has 0 bridgehead atoms. The van der Waals surface area contributed by atoms with Crippen molar-refractivity contribution in [2.75, 3.05) is 4.90 Å². The van der Waals surface area contributed by atoms with E-state index in [9.17, 15) is 13.9 Å². The third kappa shape index (κ3) is 1.64. The van der Waals surface area contributed by atoms with Crippen LogP contribution in [0.15, 0.2) is 36.7 Å². The largest absolute Gasteiger partial charge is 0.369 e. The van der Waals surface area contributed by atoms with Gasteiger partial charge in [0.15, 0.2) is 6.23 Å². The Morgan fingerprint density at radius 2 is 2.11 bits per heavy atom. The van der Waals surface area contributed by atoms with Gasteiger partial charge in [0.2, 0.25) is 0 Å². The number of halogens is 2. The number of anilines is 1. The van der Waals surface area contributed by atoms with Crippen LogP contribution in [0.1, 0.15) is 17.4 Å². The Bertz CT molecular complexity index is 603. The van der Waals surface area contributed by atoms with Crippen LogP contribution in [0.2, 0.25) is 0 Å². The lowest BCUT2D eigenvalue weighted by molar-refractivity contribution is 0.180. The smallest absolute Gasteiger partial charge is 0.155 e. The van der Waals surface area contributed by atoms with E-state index < -0.39 is 17.9 Å². The number of nitrogens with zero attached hydrogens (tertiary/aromatic N) is 2. The minimum atomic E-state index is -0.995. The zero-order chi connectivity index (χ0) is 12.7. The molecular weight excluding hydrogens is 238 g/mol. The summed E-state index contributed by atoms with van der Waals surface area (Å²) in [7, 11) is 0. The molecule has 3 nitrogen and oxygen atoms in total. The minimum Gasteiger partial charge on any atom is -0.369 e. The van der Waals surface area contributed by atoms with E-state index in [0.717, 1.165) is 23.8 Å². The fraction of sp³-hybridized carbons (Fsp3) is 0.154. The topological polar surface area (TPSA) is 36.4 Å². The molecular formula is C13H10F2N2O. The van der Waals surface area contributed by atoms with Crippen molar-refractivity contribution in [1.82, 2.24) is 4.98 Å². The van der Waals surface area contributed by atoms with E-state index in [1.165, 1.54) is 11.1 Å². The van der Waals surface area contributed by atoms with E-state index in [0.29, 0.717) is 12.1 Å². The molecule has 1 unspecified atom stereocenters. The van der Waals surface area contributed by atoms with Gasteiger partial charge in [-0.2, -0.15) is 0 Å². The number of hydrogen-bond acceptors (Lipinski definition) is 3. The summed E-state index contributed by atoms with van der Waals surface area (Å²) in [5.41, 5.74) is 1.54. The summed E-state index contributed by atoms with van der Waals surface area (Å²) in [6.45, 7) is 0.333. The first kappa shape index (κ1) is 11.1. The zero-order valence-corrected chi connectivity index (χ0v) is 9.35. The normalized spacial score (nSPS) is 17.9. The number of fused-ring (bicyclic) bond motifs is 1.